The number of anilines is 1. The molecule has 0 aliphatic carbocycles. The van der Waals surface area contributed by atoms with Crippen LogP contribution in [0.3, 0.4) is 0 Å². The van der Waals surface area contributed by atoms with Crippen LogP contribution < -0.4 is 10.6 Å². The third kappa shape index (κ3) is 4.30. The standard InChI is InChI=1S/C19H22N4O2S/c20-19(21)17-6-8-18(9-7-17)22-11-13-23(14-12-22)26(24,25)15-10-16-4-2-1-3-5-16/h1-10,15H,11-14H2,(H3,20,21). The molecule has 3 rings (SSSR count). The van der Waals surface area contributed by atoms with E-state index in [2.05, 4.69) is 4.90 Å². The van der Waals surface area contributed by atoms with Crippen LogP contribution in [-0.2, 0) is 10.0 Å². The van der Waals surface area contributed by atoms with Crippen molar-refractivity contribution < 1.29 is 8.42 Å². The number of benzene rings is 2. The maximum atomic E-state index is 12.5. The molecule has 7 heteroatoms. The largest absolute Gasteiger partial charge is 0.384 e. The quantitative estimate of drug-likeness (QED) is 0.623. The Balaban J connectivity index is 1.62. The van der Waals surface area contributed by atoms with Gasteiger partial charge in [-0.25, -0.2) is 8.42 Å². The Kier molecular flexibility index (Phi) is 5.39. The summed E-state index contributed by atoms with van der Waals surface area (Å²) in [7, 11) is -3.42. The minimum Gasteiger partial charge on any atom is -0.384 e. The Bertz CT molecular complexity index is 885. The molecule has 0 bridgehead atoms. The van der Waals surface area contributed by atoms with Gasteiger partial charge >= 0.3 is 0 Å². The molecule has 6 nitrogen and oxygen atoms in total. The Morgan fingerprint density at radius 1 is 0.962 bits per heavy atom. The predicted molar refractivity (Wildman–Crippen MR) is 106 cm³/mol. The van der Waals surface area contributed by atoms with Crippen molar-refractivity contribution >= 4 is 27.6 Å². The summed E-state index contributed by atoms with van der Waals surface area (Å²) >= 11 is 0. The van der Waals surface area contributed by atoms with Crippen molar-refractivity contribution in [2.75, 3.05) is 31.1 Å². The minimum absolute atomic E-state index is 0.0395. The van der Waals surface area contributed by atoms with Gasteiger partial charge in [0.15, 0.2) is 0 Å². The highest BCUT2D eigenvalue weighted by Crippen LogP contribution is 2.19. The van der Waals surface area contributed by atoms with E-state index in [1.807, 2.05) is 54.6 Å². The number of nitrogens with two attached hydrogens (primary N) is 1. The van der Waals surface area contributed by atoms with Gasteiger partial charge in [0.05, 0.1) is 0 Å². The van der Waals surface area contributed by atoms with Crippen LogP contribution in [-0.4, -0.2) is 44.7 Å². The molecule has 0 amide bonds. The molecule has 0 saturated carbocycles. The van der Waals surface area contributed by atoms with Crippen LogP contribution in [0.4, 0.5) is 5.69 Å². The zero-order valence-electron chi connectivity index (χ0n) is 14.4. The molecule has 1 heterocycles. The first-order chi connectivity index (χ1) is 12.5. The van der Waals surface area contributed by atoms with Crippen molar-refractivity contribution in [2.24, 2.45) is 5.73 Å². The van der Waals surface area contributed by atoms with Crippen LogP contribution in [0.5, 0.6) is 0 Å². The molecule has 136 valence electrons. The maximum Gasteiger partial charge on any atom is 0.236 e. The van der Waals surface area contributed by atoms with E-state index in [4.69, 9.17) is 11.1 Å². The van der Waals surface area contributed by atoms with E-state index in [9.17, 15) is 8.42 Å². The molecule has 0 atom stereocenters. The highest BCUT2D eigenvalue weighted by atomic mass is 32.2. The molecular formula is C19H22N4O2S. The molecule has 2 aromatic rings. The monoisotopic (exact) mass is 370 g/mol. The Hall–Kier alpha value is -2.64. The van der Waals surface area contributed by atoms with E-state index in [0.717, 1.165) is 11.3 Å². The number of amidine groups is 1. The van der Waals surface area contributed by atoms with E-state index in [-0.39, 0.29) is 5.84 Å². The van der Waals surface area contributed by atoms with Crippen molar-refractivity contribution in [1.29, 1.82) is 5.41 Å². The average molecular weight is 370 g/mol. The van der Waals surface area contributed by atoms with Gasteiger partial charge < -0.3 is 10.6 Å². The van der Waals surface area contributed by atoms with Crippen LogP contribution >= 0.6 is 0 Å². The minimum atomic E-state index is -3.42. The highest BCUT2D eigenvalue weighted by Gasteiger charge is 2.25. The fraction of sp³-hybridized carbons (Fsp3) is 0.211. The number of rotatable bonds is 5. The van der Waals surface area contributed by atoms with Crippen molar-refractivity contribution in [3.63, 3.8) is 0 Å². The number of hydrogen-bond donors (Lipinski definition) is 2. The fourth-order valence-corrected chi connectivity index (χ4v) is 4.04. The Morgan fingerprint density at radius 3 is 2.15 bits per heavy atom. The molecule has 0 unspecified atom stereocenters. The first-order valence-electron chi connectivity index (χ1n) is 8.38. The summed E-state index contributed by atoms with van der Waals surface area (Å²) in [5, 5.41) is 8.71. The van der Waals surface area contributed by atoms with E-state index in [0.29, 0.717) is 31.7 Å². The number of nitrogens with zero attached hydrogens (tertiary/aromatic N) is 2. The highest BCUT2D eigenvalue weighted by molar-refractivity contribution is 7.92. The smallest absolute Gasteiger partial charge is 0.236 e. The summed E-state index contributed by atoms with van der Waals surface area (Å²) in [6.07, 6.45) is 1.63. The van der Waals surface area contributed by atoms with Gasteiger partial charge in [-0.1, -0.05) is 30.3 Å². The van der Waals surface area contributed by atoms with Crippen molar-refractivity contribution in [2.45, 2.75) is 0 Å². The normalized spacial score (nSPS) is 16.1. The van der Waals surface area contributed by atoms with Crippen molar-refractivity contribution in [1.82, 2.24) is 4.31 Å². The van der Waals surface area contributed by atoms with Gasteiger partial charge in [0.25, 0.3) is 0 Å². The predicted octanol–water partition coefficient (Wildman–Crippen LogP) is 2.09. The molecule has 1 fully saturated rings. The molecule has 0 radical (unpaired) electrons. The maximum absolute atomic E-state index is 12.5. The number of nitrogens with one attached hydrogen (secondary N) is 1. The van der Waals surface area contributed by atoms with E-state index < -0.39 is 10.0 Å². The lowest BCUT2D eigenvalue weighted by molar-refractivity contribution is 0.390. The molecule has 3 N–H and O–H groups in total. The molecule has 0 aromatic heterocycles. The summed E-state index contributed by atoms with van der Waals surface area (Å²) in [4.78, 5) is 2.14. The average Bonchev–Trinajstić information content (AvgIpc) is 2.67. The summed E-state index contributed by atoms with van der Waals surface area (Å²) in [5.41, 5.74) is 8.02. The van der Waals surface area contributed by atoms with Gasteiger partial charge in [0, 0.05) is 42.8 Å². The summed E-state index contributed by atoms with van der Waals surface area (Å²) in [6.45, 7) is 2.13. The van der Waals surface area contributed by atoms with Gasteiger partial charge in [-0.2, -0.15) is 4.31 Å². The van der Waals surface area contributed by atoms with Crippen LogP contribution in [0.15, 0.2) is 60.0 Å². The Morgan fingerprint density at radius 2 is 1.58 bits per heavy atom. The molecule has 26 heavy (non-hydrogen) atoms. The lowest BCUT2D eigenvalue weighted by Crippen LogP contribution is -2.48. The van der Waals surface area contributed by atoms with E-state index >= 15 is 0 Å². The molecule has 0 spiro atoms. The fourth-order valence-electron chi connectivity index (χ4n) is 2.87. The second kappa shape index (κ2) is 7.72. The number of nitrogen functional groups attached to an aromatic ring is 1. The van der Waals surface area contributed by atoms with E-state index in [1.165, 1.54) is 9.71 Å². The van der Waals surface area contributed by atoms with Crippen molar-refractivity contribution in [3.05, 3.63) is 71.1 Å². The zero-order chi connectivity index (χ0) is 18.6. The summed E-state index contributed by atoms with van der Waals surface area (Å²) in [5.74, 6) is 0.0395. The number of sulfonamides is 1. The Labute approximate surface area is 154 Å². The second-order valence-corrected chi connectivity index (χ2v) is 7.92. The molecule has 1 saturated heterocycles. The van der Waals surface area contributed by atoms with Crippen LogP contribution in [0.1, 0.15) is 11.1 Å². The van der Waals surface area contributed by atoms with Crippen LogP contribution in [0, 0.1) is 5.41 Å². The summed E-state index contributed by atoms with van der Waals surface area (Å²) < 4.78 is 26.5. The number of piperazine rings is 1. The molecular weight excluding hydrogens is 348 g/mol. The van der Waals surface area contributed by atoms with E-state index in [1.54, 1.807) is 6.08 Å². The van der Waals surface area contributed by atoms with Gasteiger partial charge in [-0.05, 0) is 35.9 Å². The molecule has 1 aliphatic rings. The first kappa shape index (κ1) is 18.2. The summed E-state index contributed by atoms with van der Waals surface area (Å²) in [6, 6.07) is 16.8. The molecule has 2 aromatic carbocycles. The van der Waals surface area contributed by atoms with Gasteiger partial charge in [0.1, 0.15) is 5.84 Å². The third-order valence-corrected chi connectivity index (χ3v) is 5.94. The second-order valence-electron chi connectivity index (χ2n) is 6.11. The number of hydrogen-bond acceptors (Lipinski definition) is 4. The van der Waals surface area contributed by atoms with Gasteiger partial charge in [-0.3, -0.25) is 5.41 Å². The third-order valence-electron chi connectivity index (χ3n) is 4.37. The lowest BCUT2D eigenvalue weighted by atomic mass is 10.1. The SMILES string of the molecule is N=C(N)c1ccc(N2CCN(S(=O)(=O)C=Cc3ccccc3)CC2)cc1. The first-order valence-corrected chi connectivity index (χ1v) is 9.89. The topological polar surface area (TPSA) is 90.5 Å². The molecule has 1 aliphatic heterocycles. The van der Waals surface area contributed by atoms with Crippen LogP contribution in [0.2, 0.25) is 0 Å². The van der Waals surface area contributed by atoms with Gasteiger partial charge in [0.2, 0.25) is 10.0 Å². The van der Waals surface area contributed by atoms with Crippen molar-refractivity contribution in [3.8, 4) is 0 Å². The van der Waals surface area contributed by atoms with Crippen LogP contribution in [0.25, 0.3) is 6.08 Å². The lowest BCUT2D eigenvalue weighted by Gasteiger charge is -2.34. The van der Waals surface area contributed by atoms with Gasteiger partial charge in [-0.15, -0.1) is 0 Å². The zero-order valence-corrected chi connectivity index (χ0v) is 15.2.